The number of aryl methyl sites for hydroxylation is 1. The second-order valence-electron chi connectivity index (χ2n) is 2.79. The van der Waals surface area contributed by atoms with E-state index in [4.69, 9.17) is 0 Å². The summed E-state index contributed by atoms with van der Waals surface area (Å²) >= 11 is 3.68. The van der Waals surface area contributed by atoms with Crippen molar-refractivity contribution in [3.05, 3.63) is 21.9 Å². The number of thiophene rings is 1. The Morgan fingerprint density at radius 2 is 1.93 bits per heavy atom. The molecule has 14 heavy (non-hydrogen) atoms. The van der Waals surface area contributed by atoms with E-state index in [1.807, 2.05) is 0 Å². The minimum Gasteiger partial charge on any atom is -0.204 e. The zero-order valence-corrected chi connectivity index (χ0v) is 9.51. The molecule has 1 heterocycles. The van der Waals surface area contributed by atoms with Crippen LogP contribution in [0.2, 0.25) is 0 Å². The van der Waals surface area contributed by atoms with E-state index in [0.29, 0.717) is 0 Å². The fraction of sp³-hybridized carbons (Fsp3) is 0.500. The van der Waals surface area contributed by atoms with Crippen molar-refractivity contribution >= 4 is 27.3 Å². The third-order valence-electron chi connectivity index (χ3n) is 1.64. The van der Waals surface area contributed by atoms with Crippen molar-refractivity contribution in [1.29, 1.82) is 0 Å². The van der Waals surface area contributed by atoms with Gasteiger partial charge < -0.3 is 0 Å². The normalized spacial score (nSPS) is 14.8. The van der Waals surface area contributed by atoms with E-state index in [1.54, 1.807) is 13.0 Å². The van der Waals surface area contributed by atoms with Gasteiger partial charge in [-0.3, -0.25) is 0 Å². The number of alkyl halides is 5. The van der Waals surface area contributed by atoms with Crippen molar-refractivity contribution in [2.24, 2.45) is 0 Å². The molecule has 1 unspecified atom stereocenters. The van der Waals surface area contributed by atoms with Gasteiger partial charge in [-0.15, -0.1) is 11.3 Å². The van der Waals surface area contributed by atoms with Crippen molar-refractivity contribution in [3.8, 4) is 0 Å². The van der Waals surface area contributed by atoms with Crippen molar-refractivity contribution in [2.45, 2.75) is 24.1 Å². The highest BCUT2D eigenvalue weighted by Crippen LogP contribution is 2.44. The van der Waals surface area contributed by atoms with Crippen molar-refractivity contribution in [1.82, 2.24) is 0 Å². The van der Waals surface area contributed by atoms with Gasteiger partial charge in [-0.25, -0.2) is 8.78 Å². The van der Waals surface area contributed by atoms with Crippen LogP contribution in [0.1, 0.15) is 14.6 Å². The molecular weight excluding hydrogens is 284 g/mol. The predicted octanol–water partition coefficient (Wildman–Crippen LogP) is 4.39. The molecule has 1 atom stereocenters. The van der Waals surface area contributed by atoms with E-state index in [0.717, 1.165) is 16.2 Å². The number of halogens is 5. The van der Waals surface area contributed by atoms with Gasteiger partial charge in [-0.2, -0.15) is 8.78 Å². The fourth-order valence-corrected chi connectivity index (χ4v) is 2.43. The van der Waals surface area contributed by atoms with Crippen LogP contribution in [0.25, 0.3) is 0 Å². The lowest BCUT2D eigenvalue weighted by atomic mass is 10.2. The third-order valence-corrected chi connectivity index (χ3v) is 4.11. The first-order valence-corrected chi connectivity index (χ1v) is 5.45. The molecule has 80 valence electrons. The number of hydrogen-bond acceptors (Lipinski definition) is 1. The molecule has 6 heteroatoms. The van der Waals surface area contributed by atoms with Crippen molar-refractivity contribution < 1.29 is 17.6 Å². The van der Waals surface area contributed by atoms with Gasteiger partial charge in [0.25, 0.3) is 0 Å². The average Bonchev–Trinajstić information content (AvgIpc) is 2.50. The predicted molar refractivity (Wildman–Crippen MR) is 51.7 cm³/mol. The van der Waals surface area contributed by atoms with Crippen molar-refractivity contribution in [3.63, 3.8) is 0 Å². The first-order valence-electron chi connectivity index (χ1n) is 3.72. The van der Waals surface area contributed by atoms with Gasteiger partial charge in [0.2, 0.25) is 0 Å². The summed E-state index contributed by atoms with van der Waals surface area (Å²) in [5.74, 6) is -4.03. The molecule has 0 radical (unpaired) electrons. The Morgan fingerprint density at radius 1 is 1.36 bits per heavy atom. The zero-order chi connectivity index (χ0) is 10.9. The van der Waals surface area contributed by atoms with Gasteiger partial charge >= 0.3 is 12.3 Å². The van der Waals surface area contributed by atoms with E-state index in [9.17, 15) is 17.6 Å². The average molecular weight is 291 g/mol. The summed E-state index contributed by atoms with van der Waals surface area (Å²) in [6, 6.07) is 3.05. The fourth-order valence-electron chi connectivity index (χ4n) is 0.890. The first-order chi connectivity index (χ1) is 6.35. The smallest absolute Gasteiger partial charge is 0.204 e. The Labute approximate surface area is 91.1 Å². The Bertz CT molecular complexity index is 310. The van der Waals surface area contributed by atoms with Crippen LogP contribution in [0.4, 0.5) is 17.6 Å². The standard InChI is InChI=1S/C8H7BrF4S/c1-4-2-3-5(14-4)6(9)8(12,13)7(10)11/h2-3,6-7H,1H3. The molecule has 0 N–H and O–H groups in total. The minimum absolute atomic E-state index is 0.216. The minimum atomic E-state index is -4.03. The summed E-state index contributed by atoms with van der Waals surface area (Å²) in [5.41, 5.74) is 0. The third kappa shape index (κ3) is 2.28. The highest BCUT2D eigenvalue weighted by atomic mass is 79.9. The molecule has 0 spiro atoms. The Balaban J connectivity index is 2.89. The maximum Gasteiger partial charge on any atom is 0.324 e. The van der Waals surface area contributed by atoms with Crippen LogP contribution >= 0.6 is 27.3 Å². The van der Waals surface area contributed by atoms with Crippen LogP contribution < -0.4 is 0 Å². The van der Waals surface area contributed by atoms with E-state index in [1.165, 1.54) is 6.07 Å². The van der Waals surface area contributed by atoms with Crippen LogP contribution in [0, 0.1) is 6.92 Å². The largest absolute Gasteiger partial charge is 0.324 e. The molecule has 1 rings (SSSR count). The summed E-state index contributed by atoms with van der Waals surface area (Å²) in [4.78, 5) is -0.587. The van der Waals surface area contributed by atoms with Gasteiger partial charge in [0.1, 0.15) is 4.83 Å². The molecule has 0 fully saturated rings. The Hall–Kier alpha value is -0.100. The molecular formula is C8H7BrF4S. The van der Waals surface area contributed by atoms with Crippen LogP contribution in [-0.4, -0.2) is 12.3 Å². The zero-order valence-electron chi connectivity index (χ0n) is 7.11. The summed E-state index contributed by atoms with van der Waals surface area (Å²) < 4.78 is 49.6. The summed E-state index contributed by atoms with van der Waals surface area (Å²) in [6.45, 7) is 1.73. The van der Waals surface area contributed by atoms with Gasteiger partial charge in [0, 0.05) is 9.75 Å². The highest BCUT2D eigenvalue weighted by molar-refractivity contribution is 9.09. The summed E-state index contributed by atoms with van der Waals surface area (Å²) in [5, 5.41) is 0. The second kappa shape index (κ2) is 4.18. The molecule has 0 aliphatic rings. The summed E-state index contributed by atoms with van der Waals surface area (Å²) in [7, 11) is 0. The van der Waals surface area contributed by atoms with Crippen LogP contribution in [0.3, 0.4) is 0 Å². The molecule has 0 amide bonds. The SMILES string of the molecule is Cc1ccc(C(Br)C(F)(F)C(F)F)s1. The van der Waals surface area contributed by atoms with E-state index in [2.05, 4.69) is 15.9 Å². The maximum absolute atomic E-state index is 12.8. The Morgan fingerprint density at radius 3 is 2.29 bits per heavy atom. The Kier molecular flexibility index (Phi) is 3.58. The molecule has 0 bridgehead atoms. The first kappa shape index (κ1) is 12.0. The van der Waals surface area contributed by atoms with Crippen LogP contribution in [0.15, 0.2) is 12.1 Å². The van der Waals surface area contributed by atoms with Gasteiger partial charge in [0.15, 0.2) is 0 Å². The lowest BCUT2D eigenvalue weighted by molar-refractivity contribution is -0.127. The molecule has 0 aliphatic carbocycles. The molecule has 0 aliphatic heterocycles. The molecule has 0 nitrogen and oxygen atoms in total. The topological polar surface area (TPSA) is 0 Å². The van der Waals surface area contributed by atoms with Crippen molar-refractivity contribution in [2.75, 3.05) is 0 Å². The van der Waals surface area contributed by atoms with Crippen LogP contribution in [0.5, 0.6) is 0 Å². The van der Waals surface area contributed by atoms with E-state index < -0.39 is 17.2 Å². The number of hydrogen-bond donors (Lipinski definition) is 0. The van der Waals surface area contributed by atoms with Crippen LogP contribution in [-0.2, 0) is 0 Å². The van der Waals surface area contributed by atoms with Gasteiger partial charge in [0.05, 0.1) is 0 Å². The van der Waals surface area contributed by atoms with Gasteiger partial charge in [-0.1, -0.05) is 15.9 Å². The highest BCUT2D eigenvalue weighted by Gasteiger charge is 2.48. The monoisotopic (exact) mass is 290 g/mol. The lowest BCUT2D eigenvalue weighted by Gasteiger charge is -2.19. The van der Waals surface area contributed by atoms with Gasteiger partial charge in [-0.05, 0) is 19.1 Å². The number of rotatable bonds is 3. The molecule has 0 saturated heterocycles. The van der Waals surface area contributed by atoms with E-state index in [-0.39, 0.29) is 4.88 Å². The molecule has 0 aromatic carbocycles. The molecule has 1 aromatic heterocycles. The molecule has 1 aromatic rings. The lowest BCUT2D eigenvalue weighted by Crippen LogP contribution is -2.30. The summed E-state index contributed by atoms with van der Waals surface area (Å²) in [6.07, 6.45) is -3.66. The maximum atomic E-state index is 12.8. The van der Waals surface area contributed by atoms with E-state index >= 15 is 0 Å². The molecule has 0 saturated carbocycles. The second-order valence-corrected chi connectivity index (χ2v) is 5.02. The quantitative estimate of drug-likeness (QED) is 0.572.